The van der Waals surface area contributed by atoms with Crippen molar-refractivity contribution in [3.63, 3.8) is 0 Å². The third kappa shape index (κ3) is 5.09. The summed E-state index contributed by atoms with van der Waals surface area (Å²) in [5.41, 5.74) is 1.99. The number of halogens is 4. The van der Waals surface area contributed by atoms with Crippen LogP contribution in [0.1, 0.15) is 45.6 Å². The van der Waals surface area contributed by atoms with Crippen molar-refractivity contribution >= 4 is 23.0 Å². The molecule has 0 N–H and O–H groups in total. The van der Waals surface area contributed by atoms with Gasteiger partial charge in [-0.05, 0) is 31.4 Å². The molecule has 0 amide bonds. The molecule has 0 radical (unpaired) electrons. The Hall–Kier alpha value is -1.89. The van der Waals surface area contributed by atoms with E-state index in [-0.39, 0.29) is 17.5 Å². The highest BCUT2D eigenvalue weighted by atomic mass is 35.5. The number of methoxy groups -OCH3 is 1. The van der Waals surface area contributed by atoms with Gasteiger partial charge in [-0.15, -0.1) is 13.2 Å². The zero-order chi connectivity index (χ0) is 20.2. The lowest BCUT2D eigenvalue weighted by molar-refractivity contribution is -0.274. The van der Waals surface area contributed by atoms with Crippen molar-refractivity contribution < 1.29 is 22.6 Å². The van der Waals surface area contributed by atoms with E-state index in [1.165, 1.54) is 25.3 Å². The monoisotopic (exact) mass is 404 g/mol. The molecular weight excluding hydrogens is 381 g/mol. The second-order valence-electron chi connectivity index (χ2n) is 6.18. The lowest BCUT2D eigenvalue weighted by Crippen LogP contribution is -2.38. The number of nitrogens with zero attached hydrogens (tertiary/aromatic N) is 2. The minimum Gasteiger partial charge on any atom is -0.496 e. The minimum atomic E-state index is -4.77. The predicted molar refractivity (Wildman–Crippen MR) is 101 cm³/mol. The zero-order valence-electron chi connectivity index (χ0n) is 15.9. The molecule has 0 aromatic heterocycles. The van der Waals surface area contributed by atoms with Crippen LogP contribution >= 0.6 is 11.6 Å². The highest BCUT2D eigenvalue weighted by Crippen LogP contribution is 2.38. The van der Waals surface area contributed by atoms with Crippen LogP contribution in [0.3, 0.4) is 0 Å². The molecule has 0 aliphatic carbocycles. The summed E-state index contributed by atoms with van der Waals surface area (Å²) in [7, 11) is 1.39. The maximum atomic E-state index is 12.5. The van der Waals surface area contributed by atoms with E-state index in [4.69, 9.17) is 16.3 Å². The maximum absolute atomic E-state index is 12.5. The first-order valence-corrected chi connectivity index (χ1v) is 9.28. The molecular formula is C19H24ClF3N2O2. The van der Waals surface area contributed by atoms with E-state index in [2.05, 4.69) is 28.5 Å². The molecule has 0 atom stereocenters. The van der Waals surface area contributed by atoms with E-state index >= 15 is 0 Å². The van der Waals surface area contributed by atoms with Crippen molar-refractivity contribution in [2.24, 2.45) is 4.99 Å². The SMILES string of the molecule is CCC1=NC(c2ccc(OC(F)(F)F)cc2OC)=C(Cl)N(C(CC)CC)C1. The fourth-order valence-corrected chi connectivity index (χ4v) is 3.43. The topological polar surface area (TPSA) is 34.1 Å². The van der Waals surface area contributed by atoms with Crippen molar-refractivity contribution in [3.8, 4) is 11.5 Å². The second-order valence-corrected chi connectivity index (χ2v) is 6.54. The smallest absolute Gasteiger partial charge is 0.496 e. The van der Waals surface area contributed by atoms with E-state index in [0.29, 0.717) is 23.0 Å². The summed E-state index contributed by atoms with van der Waals surface area (Å²) in [5, 5.41) is 0.476. The van der Waals surface area contributed by atoms with Gasteiger partial charge in [-0.25, -0.2) is 0 Å². The average molecular weight is 405 g/mol. The molecule has 1 aromatic rings. The van der Waals surface area contributed by atoms with Crippen LogP contribution in [0.5, 0.6) is 11.5 Å². The average Bonchev–Trinajstić information content (AvgIpc) is 2.62. The molecule has 0 spiro atoms. The fraction of sp³-hybridized carbons (Fsp3) is 0.526. The highest BCUT2D eigenvalue weighted by Gasteiger charge is 2.32. The maximum Gasteiger partial charge on any atom is 0.573 e. The van der Waals surface area contributed by atoms with Crippen molar-refractivity contribution in [1.82, 2.24) is 4.90 Å². The van der Waals surface area contributed by atoms with Gasteiger partial charge in [0.15, 0.2) is 0 Å². The summed E-state index contributed by atoms with van der Waals surface area (Å²) in [5.74, 6) is -0.136. The third-order valence-corrected chi connectivity index (χ3v) is 4.92. The van der Waals surface area contributed by atoms with Crippen LogP contribution in [0.4, 0.5) is 13.2 Å². The van der Waals surface area contributed by atoms with E-state index < -0.39 is 6.36 Å². The van der Waals surface area contributed by atoms with Crippen molar-refractivity contribution in [2.45, 2.75) is 52.4 Å². The quantitative estimate of drug-likeness (QED) is 0.537. The van der Waals surface area contributed by atoms with Gasteiger partial charge in [-0.1, -0.05) is 32.4 Å². The summed E-state index contributed by atoms with van der Waals surface area (Å²) < 4.78 is 46.7. The Morgan fingerprint density at radius 1 is 1.22 bits per heavy atom. The Balaban J connectivity index is 2.52. The predicted octanol–water partition coefficient (Wildman–Crippen LogP) is 5.81. The van der Waals surface area contributed by atoms with Gasteiger partial charge in [-0.2, -0.15) is 0 Å². The number of aliphatic imine (C=N–C) groups is 1. The Labute approximate surface area is 162 Å². The number of benzene rings is 1. The standard InChI is InChI=1S/C19H24ClF3N2O2/c1-5-12-11-25(13(6-2)7-3)18(20)17(24-12)15-9-8-14(10-16(15)26-4)27-19(21,22)23/h8-10,13H,5-7,11H2,1-4H3. The molecule has 8 heteroatoms. The largest absolute Gasteiger partial charge is 0.573 e. The molecule has 1 aliphatic heterocycles. The molecule has 1 heterocycles. The number of rotatable bonds is 7. The van der Waals surface area contributed by atoms with E-state index in [9.17, 15) is 13.2 Å². The third-order valence-electron chi connectivity index (χ3n) is 4.52. The molecule has 0 saturated heterocycles. The van der Waals surface area contributed by atoms with Crippen LogP contribution in [0.15, 0.2) is 28.3 Å². The molecule has 150 valence electrons. The Bertz CT molecular complexity index is 728. The van der Waals surface area contributed by atoms with Gasteiger partial charge in [0.2, 0.25) is 0 Å². The number of hydrogen-bond donors (Lipinski definition) is 0. The van der Waals surface area contributed by atoms with Gasteiger partial charge in [0.1, 0.15) is 22.4 Å². The van der Waals surface area contributed by atoms with Gasteiger partial charge >= 0.3 is 6.36 Å². The number of ether oxygens (including phenoxy) is 2. The molecule has 27 heavy (non-hydrogen) atoms. The van der Waals surface area contributed by atoms with Crippen LogP contribution in [-0.2, 0) is 0 Å². The van der Waals surface area contributed by atoms with Gasteiger partial charge < -0.3 is 14.4 Å². The summed E-state index contributed by atoms with van der Waals surface area (Å²) in [6.07, 6.45) is -2.17. The first-order chi connectivity index (χ1) is 12.7. The van der Waals surface area contributed by atoms with Crippen LogP contribution in [0.2, 0.25) is 0 Å². The Morgan fingerprint density at radius 2 is 1.89 bits per heavy atom. The molecule has 0 fully saturated rings. The van der Waals surface area contributed by atoms with Gasteiger partial charge in [-0.3, -0.25) is 4.99 Å². The summed E-state index contributed by atoms with van der Waals surface area (Å²) in [6, 6.07) is 4.17. The van der Waals surface area contributed by atoms with E-state index in [1.54, 1.807) is 0 Å². The first-order valence-electron chi connectivity index (χ1n) is 8.90. The van der Waals surface area contributed by atoms with Crippen LogP contribution in [0.25, 0.3) is 5.70 Å². The molecule has 0 bridgehead atoms. The van der Waals surface area contributed by atoms with Crippen molar-refractivity contribution in [1.29, 1.82) is 0 Å². The molecule has 0 unspecified atom stereocenters. The lowest BCUT2D eigenvalue weighted by Gasteiger charge is -2.36. The first kappa shape index (κ1) is 21.4. The van der Waals surface area contributed by atoms with Crippen molar-refractivity contribution in [2.75, 3.05) is 13.7 Å². The summed E-state index contributed by atoms with van der Waals surface area (Å²) in [6.45, 7) is 6.85. The number of hydrogen-bond acceptors (Lipinski definition) is 4. The molecule has 1 aliphatic rings. The molecule has 0 saturated carbocycles. The Morgan fingerprint density at radius 3 is 2.41 bits per heavy atom. The van der Waals surface area contributed by atoms with Gasteiger partial charge in [0.05, 0.1) is 13.7 Å². The van der Waals surface area contributed by atoms with Gasteiger partial charge in [0, 0.05) is 23.4 Å². The second kappa shape index (κ2) is 8.87. The lowest BCUT2D eigenvalue weighted by atomic mass is 10.1. The normalized spacial score (nSPS) is 15.3. The fourth-order valence-electron chi connectivity index (χ4n) is 3.09. The van der Waals surface area contributed by atoms with E-state index in [0.717, 1.165) is 25.0 Å². The molecule has 2 rings (SSSR count). The number of alkyl halides is 3. The summed E-state index contributed by atoms with van der Waals surface area (Å²) >= 11 is 6.66. The highest BCUT2D eigenvalue weighted by molar-refractivity contribution is 6.33. The zero-order valence-corrected chi connectivity index (χ0v) is 16.6. The summed E-state index contributed by atoms with van der Waals surface area (Å²) in [4.78, 5) is 6.74. The Kier molecular flexibility index (Phi) is 7.03. The van der Waals surface area contributed by atoms with Crippen LogP contribution in [-0.4, -0.2) is 36.7 Å². The molecule has 4 nitrogen and oxygen atoms in total. The molecule has 1 aromatic carbocycles. The van der Waals surface area contributed by atoms with Crippen LogP contribution in [0, 0.1) is 0 Å². The van der Waals surface area contributed by atoms with Crippen LogP contribution < -0.4 is 9.47 Å². The minimum absolute atomic E-state index is 0.218. The van der Waals surface area contributed by atoms with Gasteiger partial charge in [0.25, 0.3) is 0 Å². The van der Waals surface area contributed by atoms with Crippen molar-refractivity contribution in [3.05, 3.63) is 28.9 Å². The van der Waals surface area contributed by atoms with E-state index in [1.807, 2.05) is 6.92 Å².